The normalized spacial score (nSPS) is 35.6. The summed E-state index contributed by atoms with van der Waals surface area (Å²) in [6.07, 6.45) is 2.00. The van der Waals surface area contributed by atoms with Gasteiger partial charge in [-0.25, -0.2) is 0 Å². The summed E-state index contributed by atoms with van der Waals surface area (Å²) in [6, 6.07) is 0. The van der Waals surface area contributed by atoms with Crippen LogP contribution in [0.5, 0.6) is 0 Å². The highest BCUT2D eigenvalue weighted by Crippen LogP contribution is 2.43. The van der Waals surface area contributed by atoms with E-state index in [1.54, 1.807) is 6.92 Å². The number of carbonyl (C=O) groups is 2. The van der Waals surface area contributed by atoms with Gasteiger partial charge in [-0.1, -0.05) is 20.3 Å². The third-order valence-corrected chi connectivity index (χ3v) is 3.24. The molecule has 1 fully saturated rings. The van der Waals surface area contributed by atoms with Gasteiger partial charge in [0.25, 0.3) is 0 Å². The highest BCUT2D eigenvalue weighted by atomic mass is 16.1. The molecular weight excluding hydrogens is 152 g/mol. The Balaban J connectivity index is 2.88. The zero-order chi connectivity index (χ0) is 9.35. The average molecular weight is 168 g/mol. The van der Waals surface area contributed by atoms with Crippen molar-refractivity contribution in [3.05, 3.63) is 0 Å². The van der Waals surface area contributed by atoms with Crippen molar-refractivity contribution in [2.75, 3.05) is 0 Å². The minimum absolute atomic E-state index is 0.167. The molecule has 68 valence electrons. The van der Waals surface area contributed by atoms with Gasteiger partial charge in [-0.3, -0.25) is 9.59 Å². The summed E-state index contributed by atoms with van der Waals surface area (Å²) in [5.74, 6) is 0.697. The van der Waals surface area contributed by atoms with Crippen LogP contribution in [0.25, 0.3) is 0 Å². The van der Waals surface area contributed by atoms with E-state index in [1.165, 1.54) is 0 Å². The third kappa shape index (κ3) is 1.30. The highest BCUT2D eigenvalue weighted by molar-refractivity contribution is 5.93. The van der Waals surface area contributed by atoms with Gasteiger partial charge in [0.15, 0.2) is 0 Å². The lowest BCUT2D eigenvalue weighted by atomic mass is 9.75. The molecule has 0 amide bonds. The third-order valence-electron chi connectivity index (χ3n) is 3.24. The lowest BCUT2D eigenvalue weighted by Gasteiger charge is -2.26. The Kier molecular flexibility index (Phi) is 2.36. The van der Waals surface area contributed by atoms with Crippen molar-refractivity contribution >= 4 is 11.6 Å². The van der Waals surface area contributed by atoms with E-state index in [4.69, 9.17) is 0 Å². The molecule has 0 saturated heterocycles. The van der Waals surface area contributed by atoms with E-state index in [0.29, 0.717) is 12.8 Å². The molecule has 1 rings (SSSR count). The molecule has 1 saturated carbocycles. The molecule has 0 heterocycles. The van der Waals surface area contributed by atoms with Crippen LogP contribution < -0.4 is 0 Å². The average Bonchev–Trinajstić information content (AvgIpc) is 2.27. The molecule has 0 spiro atoms. The standard InChI is InChI=1S/C10H16O2/c1-4-8-5-9(12)6-10(8,3)7(2)11/h8H,4-6H2,1-3H3. The number of ketones is 2. The predicted molar refractivity (Wildman–Crippen MR) is 46.8 cm³/mol. The van der Waals surface area contributed by atoms with Gasteiger partial charge in [0, 0.05) is 18.3 Å². The Labute approximate surface area is 73.3 Å². The van der Waals surface area contributed by atoms with Crippen molar-refractivity contribution < 1.29 is 9.59 Å². The minimum Gasteiger partial charge on any atom is -0.300 e. The van der Waals surface area contributed by atoms with Crippen molar-refractivity contribution in [3.8, 4) is 0 Å². The van der Waals surface area contributed by atoms with Gasteiger partial charge in [0.1, 0.15) is 11.6 Å². The Morgan fingerprint density at radius 1 is 1.67 bits per heavy atom. The molecule has 1 aliphatic rings. The van der Waals surface area contributed by atoms with Crippen LogP contribution >= 0.6 is 0 Å². The second-order valence-corrected chi connectivity index (χ2v) is 4.00. The molecule has 2 heteroatoms. The van der Waals surface area contributed by atoms with Gasteiger partial charge in [-0.05, 0) is 12.8 Å². The van der Waals surface area contributed by atoms with Gasteiger partial charge in [0.2, 0.25) is 0 Å². The van der Waals surface area contributed by atoms with E-state index < -0.39 is 0 Å². The SMILES string of the molecule is CCC1CC(=O)CC1(C)C(C)=O. The molecule has 1 aliphatic carbocycles. The molecule has 2 nitrogen and oxygen atoms in total. The van der Waals surface area contributed by atoms with E-state index in [1.807, 2.05) is 13.8 Å². The second kappa shape index (κ2) is 3.00. The summed E-state index contributed by atoms with van der Waals surface area (Å²) in [5.41, 5.74) is -0.355. The minimum atomic E-state index is -0.355. The summed E-state index contributed by atoms with van der Waals surface area (Å²) in [4.78, 5) is 22.5. The van der Waals surface area contributed by atoms with Crippen molar-refractivity contribution in [2.45, 2.75) is 40.0 Å². The van der Waals surface area contributed by atoms with Crippen LogP contribution in [0.3, 0.4) is 0 Å². The van der Waals surface area contributed by atoms with Crippen molar-refractivity contribution in [1.29, 1.82) is 0 Å². The first kappa shape index (κ1) is 9.43. The summed E-state index contributed by atoms with van der Waals surface area (Å²) in [6.45, 7) is 5.57. The van der Waals surface area contributed by atoms with E-state index in [9.17, 15) is 9.59 Å². The molecule has 12 heavy (non-hydrogen) atoms. The number of hydrogen-bond donors (Lipinski definition) is 0. The Morgan fingerprint density at radius 3 is 2.58 bits per heavy atom. The lowest BCUT2D eigenvalue weighted by molar-refractivity contribution is -0.129. The molecule has 2 unspecified atom stereocenters. The van der Waals surface area contributed by atoms with Gasteiger partial charge >= 0.3 is 0 Å². The first-order valence-corrected chi connectivity index (χ1v) is 4.53. The fourth-order valence-corrected chi connectivity index (χ4v) is 2.13. The number of carbonyl (C=O) groups excluding carboxylic acids is 2. The van der Waals surface area contributed by atoms with Crippen LogP contribution in [0, 0.1) is 11.3 Å². The summed E-state index contributed by atoms with van der Waals surface area (Å²) >= 11 is 0. The Bertz CT molecular complexity index is 220. The molecule has 0 aromatic carbocycles. The van der Waals surface area contributed by atoms with E-state index in [0.717, 1.165) is 6.42 Å². The van der Waals surface area contributed by atoms with Gasteiger partial charge in [-0.2, -0.15) is 0 Å². The maximum absolute atomic E-state index is 11.3. The smallest absolute Gasteiger partial charge is 0.136 e. The predicted octanol–water partition coefficient (Wildman–Crippen LogP) is 1.97. The fourth-order valence-electron chi connectivity index (χ4n) is 2.13. The summed E-state index contributed by atoms with van der Waals surface area (Å²) in [5, 5.41) is 0. The Hall–Kier alpha value is -0.660. The lowest BCUT2D eigenvalue weighted by Crippen LogP contribution is -2.29. The van der Waals surface area contributed by atoms with Gasteiger partial charge in [-0.15, -0.1) is 0 Å². The maximum atomic E-state index is 11.3. The van der Waals surface area contributed by atoms with Crippen LogP contribution in [0.2, 0.25) is 0 Å². The van der Waals surface area contributed by atoms with Gasteiger partial charge < -0.3 is 0 Å². The van der Waals surface area contributed by atoms with Crippen molar-refractivity contribution in [2.24, 2.45) is 11.3 Å². The summed E-state index contributed by atoms with van der Waals surface area (Å²) in [7, 11) is 0. The second-order valence-electron chi connectivity index (χ2n) is 4.00. The van der Waals surface area contributed by atoms with Crippen LogP contribution in [-0.2, 0) is 9.59 Å². The van der Waals surface area contributed by atoms with Crippen LogP contribution in [-0.4, -0.2) is 11.6 Å². The summed E-state index contributed by atoms with van der Waals surface area (Å²) < 4.78 is 0. The first-order chi connectivity index (χ1) is 5.50. The van der Waals surface area contributed by atoms with Crippen LogP contribution in [0.4, 0.5) is 0 Å². The zero-order valence-corrected chi connectivity index (χ0v) is 8.02. The van der Waals surface area contributed by atoms with E-state index in [2.05, 4.69) is 0 Å². The largest absolute Gasteiger partial charge is 0.300 e. The van der Waals surface area contributed by atoms with E-state index in [-0.39, 0.29) is 22.9 Å². The van der Waals surface area contributed by atoms with E-state index >= 15 is 0 Å². The van der Waals surface area contributed by atoms with Crippen LogP contribution in [0.1, 0.15) is 40.0 Å². The monoisotopic (exact) mass is 168 g/mol. The molecule has 0 aromatic heterocycles. The topological polar surface area (TPSA) is 34.1 Å². The quantitative estimate of drug-likeness (QED) is 0.631. The van der Waals surface area contributed by atoms with Crippen LogP contribution in [0.15, 0.2) is 0 Å². The molecule has 0 radical (unpaired) electrons. The molecule has 0 aliphatic heterocycles. The molecule has 0 N–H and O–H groups in total. The van der Waals surface area contributed by atoms with Gasteiger partial charge in [0.05, 0.1) is 0 Å². The number of Topliss-reactive ketones (excluding diaryl/α,β-unsaturated/α-hetero) is 2. The first-order valence-electron chi connectivity index (χ1n) is 4.53. The molecule has 0 bridgehead atoms. The number of hydrogen-bond acceptors (Lipinski definition) is 2. The Morgan fingerprint density at radius 2 is 2.25 bits per heavy atom. The fraction of sp³-hybridized carbons (Fsp3) is 0.800. The number of rotatable bonds is 2. The van der Waals surface area contributed by atoms with Crippen molar-refractivity contribution in [1.82, 2.24) is 0 Å². The maximum Gasteiger partial charge on any atom is 0.136 e. The molecule has 2 atom stereocenters. The zero-order valence-electron chi connectivity index (χ0n) is 8.02. The van der Waals surface area contributed by atoms with Crippen molar-refractivity contribution in [3.63, 3.8) is 0 Å². The molecular formula is C10H16O2. The highest BCUT2D eigenvalue weighted by Gasteiger charge is 2.45. The molecule has 0 aromatic rings.